The number of likely N-dealkylation sites (N-methyl/N-ethyl adjacent to an activating group) is 1. The summed E-state index contributed by atoms with van der Waals surface area (Å²) in [5.74, 6) is 0.367. The van der Waals surface area contributed by atoms with Crippen molar-refractivity contribution in [2.24, 2.45) is 0 Å². The fourth-order valence-corrected chi connectivity index (χ4v) is 3.73. The summed E-state index contributed by atoms with van der Waals surface area (Å²) in [7, 11) is 1.66. The summed E-state index contributed by atoms with van der Waals surface area (Å²) >= 11 is 0. The zero-order valence-corrected chi connectivity index (χ0v) is 16.9. The van der Waals surface area contributed by atoms with Gasteiger partial charge in [-0.05, 0) is 37.3 Å². The van der Waals surface area contributed by atoms with Crippen LogP contribution in [-0.2, 0) is 0 Å². The van der Waals surface area contributed by atoms with Crippen molar-refractivity contribution in [2.45, 2.75) is 38.1 Å². The third-order valence-corrected chi connectivity index (χ3v) is 5.69. The molecule has 1 fully saturated rings. The number of aliphatic hydroxyl groups excluding tert-OH is 1. The van der Waals surface area contributed by atoms with Crippen molar-refractivity contribution in [3.05, 3.63) is 47.8 Å². The maximum atomic E-state index is 12.2. The molecular formula is C21H31N5O2. The number of benzene rings is 1. The Kier molecular flexibility index (Phi) is 7.17. The van der Waals surface area contributed by atoms with Gasteiger partial charge < -0.3 is 14.9 Å². The van der Waals surface area contributed by atoms with E-state index in [2.05, 4.69) is 52.5 Å². The number of aromatic nitrogens is 3. The van der Waals surface area contributed by atoms with Crippen molar-refractivity contribution in [2.75, 3.05) is 39.8 Å². The Morgan fingerprint density at radius 2 is 2.00 bits per heavy atom. The van der Waals surface area contributed by atoms with Crippen molar-refractivity contribution in [1.29, 1.82) is 0 Å². The summed E-state index contributed by atoms with van der Waals surface area (Å²) in [5, 5.41) is 17.2. The number of hydrogen-bond donors (Lipinski definition) is 1. The highest BCUT2D eigenvalue weighted by atomic mass is 16.3. The number of carbonyl (C=O) groups is 1. The summed E-state index contributed by atoms with van der Waals surface area (Å²) in [6, 6.07) is 11.0. The van der Waals surface area contributed by atoms with Gasteiger partial charge in [-0.15, -0.1) is 5.10 Å². The lowest BCUT2D eigenvalue weighted by Gasteiger charge is -2.32. The Hall–Kier alpha value is -2.25. The van der Waals surface area contributed by atoms with Crippen molar-refractivity contribution in [3.63, 3.8) is 0 Å². The minimum absolute atomic E-state index is 0.0578. The average Bonchev–Trinajstić information content (AvgIpc) is 3.23. The fourth-order valence-electron chi connectivity index (χ4n) is 3.73. The Morgan fingerprint density at radius 1 is 1.29 bits per heavy atom. The standard InChI is InChI=1S/C21H31N5O2/c1-17(18-6-4-3-5-7-18)8-11-25-12-9-19(10-13-25)26-16-20(22-23-26)21(28)24(2)14-15-27/h3-7,16-17,19,27H,8-15H2,1-2H3/t17-/m0/s1. The predicted molar refractivity (Wildman–Crippen MR) is 108 cm³/mol. The first-order valence-electron chi connectivity index (χ1n) is 10.1. The van der Waals surface area contributed by atoms with Crippen LogP contribution in [0.15, 0.2) is 36.5 Å². The number of hydrogen-bond acceptors (Lipinski definition) is 5. The van der Waals surface area contributed by atoms with Crippen molar-refractivity contribution < 1.29 is 9.90 Å². The number of likely N-dealkylation sites (tertiary alicyclic amines) is 1. The van der Waals surface area contributed by atoms with Gasteiger partial charge in [-0.25, -0.2) is 4.68 Å². The monoisotopic (exact) mass is 385 g/mol. The molecule has 0 spiro atoms. The normalized spacial score (nSPS) is 16.8. The average molecular weight is 386 g/mol. The molecule has 152 valence electrons. The second-order valence-corrected chi connectivity index (χ2v) is 7.71. The molecule has 1 N–H and O–H groups in total. The smallest absolute Gasteiger partial charge is 0.275 e. The minimum Gasteiger partial charge on any atom is -0.395 e. The molecular weight excluding hydrogens is 354 g/mol. The van der Waals surface area contributed by atoms with Crippen molar-refractivity contribution >= 4 is 5.91 Å². The minimum atomic E-state index is -0.201. The maximum Gasteiger partial charge on any atom is 0.275 e. The Labute approximate surface area is 166 Å². The number of aliphatic hydroxyl groups is 1. The van der Waals surface area contributed by atoms with E-state index in [4.69, 9.17) is 5.11 Å². The van der Waals surface area contributed by atoms with Gasteiger partial charge in [-0.1, -0.05) is 42.5 Å². The third kappa shape index (κ3) is 5.17. The largest absolute Gasteiger partial charge is 0.395 e. The third-order valence-electron chi connectivity index (χ3n) is 5.69. The summed E-state index contributed by atoms with van der Waals surface area (Å²) in [4.78, 5) is 16.2. The summed E-state index contributed by atoms with van der Waals surface area (Å²) < 4.78 is 1.84. The highest BCUT2D eigenvalue weighted by Crippen LogP contribution is 2.24. The SMILES string of the molecule is C[C@@H](CCN1CCC(n2cc(C(=O)N(C)CCO)nn2)CC1)c1ccccc1. The van der Waals surface area contributed by atoms with Crippen molar-refractivity contribution in [1.82, 2.24) is 24.8 Å². The number of rotatable bonds is 8. The molecule has 0 unspecified atom stereocenters. The number of piperidine rings is 1. The molecule has 1 aromatic carbocycles. The highest BCUT2D eigenvalue weighted by molar-refractivity contribution is 5.91. The molecule has 2 heterocycles. The zero-order valence-electron chi connectivity index (χ0n) is 16.9. The Bertz CT molecular complexity index is 740. The second kappa shape index (κ2) is 9.80. The van der Waals surface area contributed by atoms with E-state index in [0.717, 1.165) is 38.9 Å². The first-order chi connectivity index (χ1) is 13.6. The van der Waals surface area contributed by atoms with E-state index in [1.165, 1.54) is 10.5 Å². The van der Waals surface area contributed by atoms with Crippen LogP contribution in [0.3, 0.4) is 0 Å². The molecule has 7 nitrogen and oxygen atoms in total. The van der Waals surface area contributed by atoms with Gasteiger partial charge in [0.1, 0.15) is 0 Å². The van der Waals surface area contributed by atoms with Crippen LogP contribution in [0.25, 0.3) is 0 Å². The lowest BCUT2D eigenvalue weighted by Crippen LogP contribution is -2.35. The van der Waals surface area contributed by atoms with Crippen molar-refractivity contribution in [3.8, 4) is 0 Å². The summed E-state index contributed by atoms with van der Waals surface area (Å²) in [6.45, 7) is 5.72. The molecule has 28 heavy (non-hydrogen) atoms. The summed E-state index contributed by atoms with van der Waals surface area (Å²) in [5.41, 5.74) is 1.75. The molecule has 0 bridgehead atoms. The Balaban J connectivity index is 1.46. The maximum absolute atomic E-state index is 12.2. The van der Waals surface area contributed by atoms with Gasteiger partial charge in [0.15, 0.2) is 5.69 Å². The molecule has 1 saturated heterocycles. The zero-order chi connectivity index (χ0) is 19.9. The molecule has 1 amide bonds. The highest BCUT2D eigenvalue weighted by Gasteiger charge is 2.23. The van der Waals surface area contributed by atoms with Crippen LogP contribution in [0, 0.1) is 0 Å². The van der Waals surface area contributed by atoms with Gasteiger partial charge in [-0.3, -0.25) is 4.79 Å². The molecule has 1 aliphatic heterocycles. The second-order valence-electron chi connectivity index (χ2n) is 7.71. The lowest BCUT2D eigenvalue weighted by atomic mass is 9.97. The summed E-state index contributed by atoms with van der Waals surface area (Å²) in [6.07, 6.45) is 4.94. The van der Waals surface area contributed by atoms with Gasteiger partial charge in [0.2, 0.25) is 0 Å². The van der Waals surface area contributed by atoms with Gasteiger partial charge >= 0.3 is 0 Å². The van der Waals surface area contributed by atoms with E-state index in [-0.39, 0.29) is 12.5 Å². The van der Waals surface area contributed by atoms with Gasteiger partial charge in [0.05, 0.1) is 18.8 Å². The van der Waals surface area contributed by atoms with E-state index >= 15 is 0 Å². The molecule has 1 aliphatic rings. The number of carbonyl (C=O) groups excluding carboxylic acids is 1. The van der Waals surface area contributed by atoms with Crippen LogP contribution in [0.2, 0.25) is 0 Å². The molecule has 7 heteroatoms. The molecule has 0 radical (unpaired) electrons. The number of nitrogens with zero attached hydrogens (tertiary/aromatic N) is 5. The predicted octanol–water partition coefficient (Wildman–Crippen LogP) is 2.17. The Morgan fingerprint density at radius 3 is 2.68 bits per heavy atom. The van der Waals surface area contributed by atoms with Crippen LogP contribution in [-0.4, -0.2) is 75.6 Å². The van der Waals surface area contributed by atoms with E-state index in [9.17, 15) is 4.79 Å². The van der Waals surface area contributed by atoms with Gasteiger partial charge in [0.25, 0.3) is 5.91 Å². The molecule has 1 atom stereocenters. The molecule has 1 aromatic heterocycles. The van der Waals surface area contributed by atoms with Crippen LogP contribution >= 0.6 is 0 Å². The van der Waals surface area contributed by atoms with Crippen LogP contribution in [0.4, 0.5) is 0 Å². The molecule has 2 aromatic rings. The van der Waals surface area contributed by atoms with Gasteiger partial charge in [-0.2, -0.15) is 0 Å². The first kappa shape index (κ1) is 20.5. The fraction of sp³-hybridized carbons (Fsp3) is 0.571. The van der Waals surface area contributed by atoms with Crippen LogP contribution in [0.5, 0.6) is 0 Å². The lowest BCUT2D eigenvalue weighted by molar-refractivity contribution is 0.0761. The van der Waals surface area contributed by atoms with Crippen LogP contribution < -0.4 is 0 Å². The van der Waals surface area contributed by atoms with E-state index < -0.39 is 0 Å². The van der Waals surface area contributed by atoms with E-state index in [1.807, 2.05) is 4.68 Å². The first-order valence-corrected chi connectivity index (χ1v) is 10.1. The molecule has 0 aliphatic carbocycles. The quantitative estimate of drug-likeness (QED) is 0.754. The van der Waals surface area contributed by atoms with Gasteiger partial charge in [0, 0.05) is 26.7 Å². The van der Waals surface area contributed by atoms with E-state index in [1.54, 1.807) is 13.2 Å². The topological polar surface area (TPSA) is 74.5 Å². The molecule has 0 saturated carbocycles. The number of amides is 1. The van der Waals surface area contributed by atoms with Crippen LogP contribution in [0.1, 0.15) is 54.2 Å². The molecule has 3 rings (SSSR count). The van der Waals surface area contributed by atoms with E-state index in [0.29, 0.717) is 24.2 Å².